The summed E-state index contributed by atoms with van der Waals surface area (Å²) in [6, 6.07) is 18.0. The topological polar surface area (TPSA) is 51.5 Å². The number of ether oxygens (including phenoxy) is 1. The largest absolute Gasteiger partial charge is 0.486 e. The number of amides is 1. The number of carbonyl (C=O) groups excluding carboxylic acids is 1. The number of benzene rings is 2. The van der Waals surface area contributed by atoms with Crippen LogP contribution >= 0.6 is 11.6 Å². The van der Waals surface area contributed by atoms with Crippen molar-refractivity contribution < 1.29 is 13.9 Å². The number of rotatable bonds is 5. The highest BCUT2D eigenvalue weighted by Gasteiger charge is 2.12. The molecule has 4 nitrogen and oxygen atoms in total. The number of hydrogen-bond donors (Lipinski definition) is 1. The number of nitrogens with one attached hydrogen (secondary N) is 1. The second-order valence-electron chi connectivity index (χ2n) is 5.28. The van der Waals surface area contributed by atoms with Gasteiger partial charge in [0.25, 0.3) is 5.91 Å². The van der Waals surface area contributed by atoms with E-state index >= 15 is 0 Å². The Morgan fingerprint density at radius 3 is 2.58 bits per heavy atom. The summed E-state index contributed by atoms with van der Waals surface area (Å²) in [5.74, 6) is 1.21. The monoisotopic (exact) mass is 341 g/mol. The Hall–Kier alpha value is -2.72. The van der Waals surface area contributed by atoms with Crippen molar-refractivity contribution in [1.82, 2.24) is 0 Å². The number of furan rings is 1. The number of carbonyl (C=O) groups is 1. The third-order valence-electron chi connectivity index (χ3n) is 3.47. The van der Waals surface area contributed by atoms with Crippen LogP contribution in [0.3, 0.4) is 0 Å². The van der Waals surface area contributed by atoms with Crippen LogP contribution in [-0.2, 0) is 6.61 Å². The number of hydrogen-bond acceptors (Lipinski definition) is 3. The molecule has 1 aromatic heterocycles. The predicted molar refractivity (Wildman–Crippen MR) is 93.6 cm³/mol. The van der Waals surface area contributed by atoms with E-state index in [2.05, 4.69) is 5.32 Å². The van der Waals surface area contributed by atoms with Gasteiger partial charge in [-0.05, 0) is 55.0 Å². The summed E-state index contributed by atoms with van der Waals surface area (Å²) in [5, 5.41) is 3.48. The van der Waals surface area contributed by atoms with Gasteiger partial charge in [0.2, 0.25) is 0 Å². The predicted octanol–water partition coefficient (Wildman–Crippen LogP) is 5.07. The maximum absolute atomic E-state index is 12.2. The van der Waals surface area contributed by atoms with E-state index in [0.29, 0.717) is 16.5 Å². The fraction of sp³-hybridized carbons (Fsp3) is 0.105. The van der Waals surface area contributed by atoms with Crippen LogP contribution in [0.4, 0.5) is 5.69 Å². The molecule has 0 aliphatic carbocycles. The van der Waals surface area contributed by atoms with Crippen LogP contribution in [-0.4, -0.2) is 5.91 Å². The van der Waals surface area contributed by atoms with E-state index in [1.807, 2.05) is 31.2 Å². The lowest BCUT2D eigenvalue weighted by Crippen LogP contribution is -2.11. The van der Waals surface area contributed by atoms with Crippen LogP contribution in [0.1, 0.15) is 21.9 Å². The Bertz CT molecular complexity index is 840. The smallest absolute Gasteiger partial charge is 0.291 e. The Morgan fingerprint density at radius 2 is 1.83 bits per heavy atom. The fourth-order valence-electron chi connectivity index (χ4n) is 2.16. The first-order chi connectivity index (χ1) is 11.6. The highest BCUT2D eigenvalue weighted by Crippen LogP contribution is 2.19. The zero-order valence-electron chi connectivity index (χ0n) is 13.1. The summed E-state index contributed by atoms with van der Waals surface area (Å²) in [6.45, 7) is 2.17. The molecule has 122 valence electrons. The summed E-state index contributed by atoms with van der Waals surface area (Å²) in [7, 11) is 0. The number of aryl methyl sites for hydroxylation is 1. The van der Waals surface area contributed by atoms with Gasteiger partial charge >= 0.3 is 0 Å². The van der Waals surface area contributed by atoms with Crippen molar-refractivity contribution in [2.24, 2.45) is 0 Å². The van der Waals surface area contributed by atoms with E-state index in [9.17, 15) is 4.79 Å². The molecule has 1 amide bonds. The van der Waals surface area contributed by atoms with Crippen LogP contribution in [0.15, 0.2) is 65.1 Å². The van der Waals surface area contributed by atoms with Crippen LogP contribution in [0.2, 0.25) is 5.02 Å². The summed E-state index contributed by atoms with van der Waals surface area (Å²) >= 11 is 5.83. The van der Waals surface area contributed by atoms with Crippen molar-refractivity contribution >= 4 is 23.2 Å². The van der Waals surface area contributed by atoms with Crippen molar-refractivity contribution in [2.45, 2.75) is 13.5 Å². The quantitative estimate of drug-likeness (QED) is 0.704. The molecule has 24 heavy (non-hydrogen) atoms. The molecule has 0 aliphatic rings. The minimum atomic E-state index is -0.290. The van der Waals surface area contributed by atoms with E-state index in [-0.39, 0.29) is 18.3 Å². The van der Waals surface area contributed by atoms with Gasteiger partial charge in [0, 0.05) is 10.7 Å². The molecule has 1 N–H and O–H groups in total. The second kappa shape index (κ2) is 7.23. The van der Waals surface area contributed by atoms with Gasteiger partial charge in [-0.1, -0.05) is 29.8 Å². The summed E-state index contributed by atoms with van der Waals surface area (Å²) < 4.78 is 11.1. The Morgan fingerprint density at radius 1 is 1.08 bits per heavy atom. The minimum absolute atomic E-state index is 0.235. The first-order valence-electron chi connectivity index (χ1n) is 7.46. The van der Waals surface area contributed by atoms with Crippen molar-refractivity contribution in [3.63, 3.8) is 0 Å². The molecule has 1 heterocycles. The maximum Gasteiger partial charge on any atom is 0.291 e. The Balaban J connectivity index is 1.61. The minimum Gasteiger partial charge on any atom is -0.486 e. The third-order valence-corrected chi connectivity index (χ3v) is 3.73. The van der Waals surface area contributed by atoms with Gasteiger partial charge in [0.05, 0.1) is 0 Å². The van der Waals surface area contributed by atoms with Gasteiger partial charge < -0.3 is 14.5 Å². The standard InChI is InChI=1S/C19H16ClNO3/c1-13-4-2-3-5-17(13)21-19(22)18-11-10-16(24-18)12-23-15-8-6-14(20)7-9-15/h2-11H,12H2,1H3,(H,21,22). The third kappa shape index (κ3) is 3.97. The zero-order chi connectivity index (χ0) is 16.9. The first-order valence-corrected chi connectivity index (χ1v) is 7.84. The molecule has 0 saturated heterocycles. The molecule has 3 aromatic rings. The van der Waals surface area contributed by atoms with E-state index in [0.717, 1.165) is 11.3 Å². The van der Waals surface area contributed by atoms with Crippen molar-refractivity contribution in [2.75, 3.05) is 5.32 Å². The van der Waals surface area contributed by atoms with Crippen molar-refractivity contribution in [3.8, 4) is 5.75 Å². The Kier molecular flexibility index (Phi) is 4.87. The lowest BCUT2D eigenvalue weighted by molar-refractivity contribution is 0.0992. The normalized spacial score (nSPS) is 10.4. The molecule has 0 fully saturated rings. The van der Waals surface area contributed by atoms with Crippen LogP contribution in [0.25, 0.3) is 0 Å². The van der Waals surface area contributed by atoms with E-state index in [4.69, 9.17) is 20.8 Å². The van der Waals surface area contributed by atoms with Gasteiger partial charge in [-0.2, -0.15) is 0 Å². The van der Waals surface area contributed by atoms with Gasteiger partial charge in [-0.15, -0.1) is 0 Å². The average molecular weight is 342 g/mol. The molecule has 0 unspecified atom stereocenters. The zero-order valence-corrected chi connectivity index (χ0v) is 13.8. The van der Waals surface area contributed by atoms with Crippen LogP contribution < -0.4 is 10.1 Å². The van der Waals surface area contributed by atoms with Crippen LogP contribution in [0, 0.1) is 6.92 Å². The van der Waals surface area contributed by atoms with E-state index < -0.39 is 0 Å². The molecule has 0 spiro atoms. The number of halogens is 1. The molecular weight excluding hydrogens is 326 g/mol. The Labute approximate surface area is 145 Å². The summed E-state index contributed by atoms with van der Waals surface area (Å²) in [4.78, 5) is 12.2. The molecule has 5 heteroatoms. The van der Waals surface area contributed by atoms with Crippen molar-refractivity contribution in [1.29, 1.82) is 0 Å². The molecule has 0 radical (unpaired) electrons. The summed E-state index contributed by atoms with van der Waals surface area (Å²) in [5.41, 5.74) is 1.75. The van der Waals surface area contributed by atoms with E-state index in [1.165, 1.54) is 0 Å². The molecular formula is C19H16ClNO3. The average Bonchev–Trinajstić information content (AvgIpc) is 3.06. The van der Waals surface area contributed by atoms with E-state index in [1.54, 1.807) is 36.4 Å². The SMILES string of the molecule is Cc1ccccc1NC(=O)c1ccc(COc2ccc(Cl)cc2)o1. The molecule has 0 atom stereocenters. The number of para-hydroxylation sites is 1. The van der Waals surface area contributed by atoms with Gasteiger partial charge in [0.1, 0.15) is 18.1 Å². The molecule has 3 rings (SSSR count). The van der Waals surface area contributed by atoms with Gasteiger partial charge in [-0.25, -0.2) is 0 Å². The summed E-state index contributed by atoms with van der Waals surface area (Å²) in [6.07, 6.45) is 0. The highest BCUT2D eigenvalue weighted by atomic mass is 35.5. The van der Waals surface area contributed by atoms with Crippen molar-refractivity contribution in [3.05, 3.63) is 82.8 Å². The van der Waals surface area contributed by atoms with Crippen LogP contribution in [0.5, 0.6) is 5.75 Å². The van der Waals surface area contributed by atoms with Gasteiger partial charge in [0.15, 0.2) is 5.76 Å². The molecule has 2 aromatic carbocycles. The fourth-order valence-corrected chi connectivity index (χ4v) is 2.29. The second-order valence-corrected chi connectivity index (χ2v) is 5.71. The van der Waals surface area contributed by atoms with Gasteiger partial charge in [-0.3, -0.25) is 4.79 Å². The lowest BCUT2D eigenvalue weighted by Gasteiger charge is -2.06. The molecule has 0 saturated carbocycles. The number of anilines is 1. The highest BCUT2D eigenvalue weighted by molar-refractivity contribution is 6.30. The molecule has 0 bridgehead atoms. The maximum atomic E-state index is 12.2. The molecule has 0 aliphatic heterocycles. The first kappa shape index (κ1) is 16.1. The lowest BCUT2D eigenvalue weighted by atomic mass is 10.2.